The lowest BCUT2D eigenvalue weighted by Crippen LogP contribution is -2.13. The highest BCUT2D eigenvalue weighted by atomic mass is 16.6. The van der Waals surface area contributed by atoms with Crippen molar-refractivity contribution in [3.63, 3.8) is 0 Å². The Labute approximate surface area is 203 Å². The number of ether oxygens (including phenoxy) is 4. The summed E-state index contributed by atoms with van der Waals surface area (Å²) < 4.78 is 22.6. The quantitative estimate of drug-likeness (QED) is 0.317. The zero-order valence-electron chi connectivity index (χ0n) is 19.6. The highest BCUT2D eigenvalue weighted by molar-refractivity contribution is 6.01. The van der Waals surface area contributed by atoms with Crippen molar-refractivity contribution >= 4 is 11.7 Å². The van der Waals surface area contributed by atoms with E-state index in [1.54, 1.807) is 7.11 Å². The molecule has 1 heterocycles. The Morgan fingerprint density at radius 3 is 2.37 bits per heavy atom. The van der Waals surface area contributed by atoms with E-state index in [4.69, 9.17) is 28.9 Å². The first-order valence-corrected chi connectivity index (χ1v) is 11.1. The molecule has 0 fully saturated rings. The Kier molecular flexibility index (Phi) is 7.72. The second-order valence-corrected chi connectivity index (χ2v) is 7.98. The minimum absolute atomic E-state index is 0.0561. The van der Waals surface area contributed by atoms with E-state index >= 15 is 0 Å². The van der Waals surface area contributed by atoms with E-state index in [1.165, 1.54) is 7.11 Å². The molecule has 0 aromatic heterocycles. The van der Waals surface area contributed by atoms with Gasteiger partial charge in [0.15, 0.2) is 0 Å². The number of benzene rings is 3. The summed E-state index contributed by atoms with van der Waals surface area (Å²) >= 11 is 0. The maximum Gasteiger partial charge on any atom is 0.304 e. The predicted octanol–water partition coefficient (Wildman–Crippen LogP) is 4.65. The standard InChI is InChI=1S/C27H27NO7/c1-31-21-9-5-19(6-10-21)25(28-32-2)17-34-22-7-3-18(4-8-22)15-33-23-11-12-24-20(13-27(29)30)16-35-26(24)14-23/h3-12,14,20H,13,15-17H2,1-2H3,(H,29,30). The molecule has 1 atom stereocenters. The minimum atomic E-state index is -0.831. The number of carbonyl (C=O) groups is 1. The maximum absolute atomic E-state index is 11.0. The molecule has 182 valence electrons. The summed E-state index contributed by atoms with van der Waals surface area (Å²) in [5.41, 5.74) is 3.42. The third-order valence-electron chi connectivity index (χ3n) is 5.62. The molecule has 4 rings (SSSR count). The Hall–Kier alpha value is -4.20. The van der Waals surface area contributed by atoms with Gasteiger partial charge in [0.25, 0.3) is 0 Å². The van der Waals surface area contributed by atoms with Gasteiger partial charge >= 0.3 is 5.97 Å². The van der Waals surface area contributed by atoms with Crippen molar-refractivity contribution in [2.24, 2.45) is 5.16 Å². The van der Waals surface area contributed by atoms with Crippen LogP contribution < -0.4 is 18.9 Å². The predicted molar refractivity (Wildman–Crippen MR) is 130 cm³/mol. The summed E-state index contributed by atoms with van der Waals surface area (Å²) in [6.07, 6.45) is 0.0561. The first-order valence-electron chi connectivity index (χ1n) is 11.1. The van der Waals surface area contributed by atoms with Gasteiger partial charge in [-0.05, 0) is 48.0 Å². The van der Waals surface area contributed by atoms with Crippen molar-refractivity contribution in [3.8, 4) is 23.0 Å². The van der Waals surface area contributed by atoms with Crippen molar-refractivity contribution < 1.29 is 33.7 Å². The number of carboxylic acids is 1. The summed E-state index contributed by atoms with van der Waals surface area (Å²) in [6.45, 7) is 0.996. The molecular weight excluding hydrogens is 450 g/mol. The number of carboxylic acid groups (broad SMARTS) is 1. The average molecular weight is 478 g/mol. The molecule has 0 saturated heterocycles. The fraction of sp³-hybridized carbons (Fsp3) is 0.259. The van der Waals surface area contributed by atoms with Crippen LogP contribution in [0.15, 0.2) is 71.9 Å². The molecule has 0 radical (unpaired) electrons. The summed E-state index contributed by atoms with van der Waals surface area (Å²) in [5, 5.41) is 13.1. The van der Waals surface area contributed by atoms with Gasteiger partial charge in [0.1, 0.15) is 49.0 Å². The van der Waals surface area contributed by atoms with Crippen LogP contribution in [0.5, 0.6) is 23.0 Å². The molecule has 8 heteroatoms. The molecule has 8 nitrogen and oxygen atoms in total. The summed E-state index contributed by atoms with van der Waals surface area (Å²) in [7, 11) is 3.12. The molecule has 35 heavy (non-hydrogen) atoms. The summed E-state index contributed by atoms with van der Waals surface area (Å²) in [5.74, 6) is 1.86. The monoisotopic (exact) mass is 477 g/mol. The van der Waals surface area contributed by atoms with E-state index in [9.17, 15) is 4.79 Å². The Morgan fingerprint density at radius 2 is 1.69 bits per heavy atom. The number of methoxy groups -OCH3 is 1. The van der Waals surface area contributed by atoms with Crippen LogP contribution in [0.3, 0.4) is 0 Å². The number of aliphatic carboxylic acids is 1. The molecule has 1 unspecified atom stereocenters. The normalized spacial score (nSPS) is 14.6. The van der Waals surface area contributed by atoms with E-state index in [-0.39, 0.29) is 18.9 Å². The van der Waals surface area contributed by atoms with E-state index < -0.39 is 5.97 Å². The maximum atomic E-state index is 11.0. The number of oxime groups is 1. The van der Waals surface area contributed by atoms with Gasteiger partial charge in [0.05, 0.1) is 20.1 Å². The number of fused-ring (bicyclic) bond motifs is 1. The van der Waals surface area contributed by atoms with Crippen LogP contribution in [-0.4, -0.2) is 44.2 Å². The Morgan fingerprint density at radius 1 is 0.971 bits per heavy atom. The molecule has 0 spiro atoms. The number of hydrogen-bond donors (Lipinski definition) is 1. The largest absolute Gasteiger partial charge is 0.497 e. The number of rotatable bonds is 11. The zero-order valence-corrected chi connectivity index (χ0v) is 19.6. The molecule has 0 saturated carbocycles. The molecule has 1 N–H and O–H groups in total. The fourth-order valence-corrected chi connectivity index (χ4v) is 3.78. The third-order valence-corrected chi connectivity index (χ3v) is 5.62. The van der Waals surface area contributed by atoms with Crippen molar-refractivity contribution in [2.75, 3.05) is 27.4 Å². The van der Waals surface area contributed by atoms with E-state index in [0.29, 0.717) is 36.2 Å². The SMILES string of the molecule is CON=C(COc1ccc(COc2ccc3c(c2)OCC3CC(=O)O)cc1)c1ccc(OC)cc1. The van der Waals surface area contributed by atoms with Gasteiger partial charge in [0.2, 0.25) is 0 Å². The average Bonchev–Trinajstić information content (AvgIpc) is 3.27. The first-order chi connectivity index (χ1) is 17.1. The molecular formula is C27H27NO7. The van der Waals surface area contributed by atoms with Gasteiger partial charge in [-0.3, -0.25) is 4.79 Å². The van der Waals surface area contributed by atoms with E-state index in [2.05, 4.69) is 5.16 Å². The van der Waals surface area contributed by atoms with Crippen LogP contribution in [0.25, 0.3) is 0 Å². The molecule has 0 bridgehead atoms. The smallest absolute Gasteiger partial charge is 0.304 e. The third kappa shape index (κ3) is 6.23. The Bertz CT molecular complexity index is 1170. The van der Waals surface area contributed by atoms with Crippen LogP contribution in [-0.2, 0) is 16.2 Å². The van der Waals surface area contributed by atoms with Gasteiger partial charge in [0, 0.05) is 23.1 Å². The first kappa shape index (κ1) is 23.9. The number of nitrogens with zero attached hydrogens (tertiary/aromatic N) is 1. The lowest BCUT2D eigenvalue weighted by Gasteiger charge is -2.11. The topological polar surface area (TPSA) is 95.8 Å². The minimum Gasteiger partial charge on any atom is -0.497 e. The molecule has 3 aromatic carbocycles. The van der Waals surface area contributed by atoms with Crippen LogP contribution >= 0.6 is 0 Å². The van der Waals surface area contributed by atoms with Crippen LogP contribution in [0.2, 0.25) is 0 Å². The summed E-state index contributed by atoms with van der Waals surface area (Å²) in [4.78, 5) is 16.0. The van der Waals surface area contributed by atoms with Gasteiger partial charge in [-0.15, -0.1) is 0 Å². The molecule has 0 aliphatic carbocycles. The molecule has 1 aliphatic heterocycles. The summed E-state index contributed by atoms with van der Waals surface area (Å²) in [6, 6.07) is 20.7. The highest BCUT2D eigenvalue weighted by Crippen LogP contribution is 2.38. The Balaban J connectivity index is 1.31. The van der Waals surface area contributed by atoms with Gasteiger partial charge in [-0.25, -0.2) is 0 Å². The van der Waals surface area contributed by atoms with Crippen molar-refractivity contribution in [1.82, 2.24) is 0 Å². The lowest BCUT2D eigenvalue weighted by molar-refractivity contribution is -0.137. The van der Waals surface area contributed by atoms with E-state index in [1.807, 2.05) is 66.7 Å². The van der Waals surface area contributed by atoms with Crippen molar-refractivity contribution in [1.29, 1.82) is 0 Å². The van der Waals surface area contributed by atoms with Gasteiger partial charge in [-0.2, -0.15) is 0 Å². The molecule has 3 aromatic rings. The van der Waals surface area contributed by atoms with Crippen LogP contribution in [0.1, 0.15) is 29.0 Å². The number of hydrogen-bond acceptors (Lipinski definition) is 7. The second kappa shape index (κ2) is 11.3. The molecule has 0 amide bonds. The van der Waals surface area contributed by atoms with Crippen molar-refractivity contribution in [3.05, 3.63) is 83.4 Å². The lowest BCUT2D eigenvalue weighted by atomic mass is 9.98. The fourth-order valence-electron chi connectivity index (χ4n) is 3.78. The van der Waals surface area contributed by atoms with E-state index in [0.717, 1.165) is 22.4 Å². The van der Waals surface area contributed by atoms with Crippen molar-refractivity contribution in [2.45, 2.75) is 18.9 Å². The van der Waals surface area contributed by atoms with Crippen LogP contribution in [0, 0.1) is 0 Å². The van der Waals surface area contributed by atoms with Crippen LogP contribution in [0.4, 0.5) is 0 Å². The van der Waals surface area contributed by atoms with Gasteiger partial charge in [-0.1, -0.05) is 23.4 Å². The second-order valence-electron chi connectivity index (χ2n) is 7.98. The van der Waals surface area contributed by atoms with Gasteiger partial charge < -0.3 is 28.9 Å². The molecule has 1 aliphatic rings. The highest BCUT2D eigenvalue weighted by Gasteiger charge is 2.26. The zero-order chi connectivity index (χ0) is 24.6.